The molecule has 0 aliphatic carbocycles. The summed E-state index contributed by atoms with van der Waals surface area (Å²) in [5, 5.41) is 12.1. The van der Waals surface area contributed by atoms with E-state index in [-0.39, 0.29) is 24.3 Å². The number of benzene rings is 1. The molecule has 1 aliphatic rings. The number of piperidine rings is 1. The van der Waals surface area contributed by atoms with Gasteiger partial charge in [-0.2, -0.15) is 0 Å². The summed E-state index contributed by atoms with van der Waals surface area (Å²) in [6.07, 6.45) is 6.92. The van der Waals surface area contributed by atoms with Gasteiger partial charge in [0.15, 0.2) is 0 Å². The maximum Gasteiger partial charge on any atom is 0.303 e. The number of carbonyl (C=O) groups excluding carboxylic acids is 1. The summed E-state index contributed by atoms with van der Waals surface area (Å²) in [6.45, 7) is 1.50. The SMILES string of the molecule is O=C(O)CCC(NC(=O)C1CCN(c2cnccn2)CC1)c1ccccc1. The van der Waals surface area contributed by atoms with E-state index in [2.05, 4.69) is 20.2 Å². The molecule has 1 saturated heterocycles. The van der Waals surface area contributed by atoms with Gasteiger partial charge in [0.05, 0.1) is 12.2 Å². The highest BCUT2D eigenvalue weighted by Crippen LogP contribution is 2.24. The van der Waals surface area contributed by atoms with Gasteiger partial charge in [-0.15, -0.1) is 0 Å². The standard InChI is InChI=1S/C20H24N4O3/c25-19(26)7-6-17(15-4-2-1-3-5-15)23-20(27)16-8-12-24(13-9-16)18-14-21-10-11-22-18/h1-5,10-11,14,16-17H,6-9,12-13H2,(H,23,27)(H,25,26). The van der Waals surface area contributed by atoms with E-state index in [1.54, 1.807) is 18.6 Å². The van der Waals surface area contributed by atoms with Crippen LogP contribution in [0.15, 0.2) is 48.9 Å². The number of nitrogens with one attached hydrogen (secondary N) is 1. The molecule has 27 heavy (non-hydrogen) atoms. The van der Waals surface area contributed by atoms with E-state index >= 15 is 0 Å². The molecule has 3 rings (SSSR count). The van der Waals surface area contributed by atoms with Crippen LogP contribution in [-0.4, -0.2) is 40.0 Å². The number of hydrogen-bond acceptors (Lipinski definition) is 5. The molecule has 1 unspecified atom stereocenters. The van der Waals surface area contributed by atoms with Gasteiger partial charge in [-0.3, -0.25) is 14.6 Å². The third-order valence-electron chi connectivity index (χ3n) is 4.90. The number of aliphatic carboxylic acids is 1. The molecule has 2 aromatic rings. The highest BCUT2D eigenvalue weighted by molar-refractivity contribution is 5.79. The van der Waals surface area contributed by atoms with Gasteiger partial charge in [-0.05, 0) is 24.8 Å². The predicted molar refractivity (Wildman–Crippen MR) is 101 cm³/mol. The summed E-state index contributed by atoms with van der Waals surface area (Å²) in [5.74, 6) is -0.107. The lowest BCUT2D eigenvalue weighted by Crippen LogP contribution is -2.42. The average Bonchev–Trinajstić information content (AvgIpc) is 2.72. The third-order valence-corrected chi connectivity index (χ3v) is 4.90. The van der Waals surface area contributed by atoms with E-state index < -0.39 is 5.97 Å². The van der Waals surface area contributed by atoms with E-state index in [9.17, 15) is 9.59 Å². The van der Waals surface area contributed by atoms with Crippen LogP contribution in [0.25, 0.3) is 0 Å². The van der Waals surface area contributed by atoms with Gasteiger partial charge in [0, 0.05) is 37.8 Å². The van der Waals surface area contributed by atoms with Crippen molar-refractivity contribution in [2.45, 2.75) is 31.7 Å². The van der Waals surface area contributed by atoms with Crippen molar-refractivity contribution < 1.29 is 14.7 Å². The Hall–Kier alpha value is -2.96. The number of carboxylic acid groups (broad SMARTS) is 1. The van der Waals surface area contributed by atoms with Crippen molar-refractivity contribution in [1.29, 1.82) is 0 Å². The van der Waals surface area contributed by atoms with Crippen molar-refractivity contribution >= 4 is 17.7 Å². The van der Waals surface area contributed by atoms with Crippen LogP contribution >= 0.6 is 0 Å². The molecule has 1 fully saturated rings. The fraction of sp³-hybridized carbons (Fsp3) is 0.400. The summed E-state index contributed by atoms with van der Waals surface area (Å²) in [6, 6.07) is 9.26. The Balaban J connectivity index is 1.58. The van der Waals surface area contributed by atoms with Gasteiger partial charge in [0.2, 0.25) is 5.91 Å². The Morgan fingerprint density at radius 3 is 2.56 bits per heavy atom. The Morgan fingerprint density at radius 2 is 1.93 bits per heavy atom. The topological polar surface area (TPSA) is 95.4 Å². The lowest BCUT2D eigenvalue weighted by Gasteiger charge is -2.32. The first-order chi connectivity index (χ1) is 13.1. The van der Waals surface area contributed by atoms with Crippen LogP contribution in [0.1, 0.15) is 37.3 Å². The van der Waals surface area contributed by atoms with Crippen LogP contribution in [0, 0.1) is 5.92 Å². The molecular weight excluding hydrogens is 344 g/mol. The molecule has 1 atom stereocenters. The highest BCUT2D eigenvalue weighted by Gasteiger charge is 2.27. The summed E-state index contributed by atoms with van der Waals surface area (Å²) < 4.78 is 0. The molecule has 1 amide bonds. The minimum Gasteiger partial charge on any atom is -0.481 e. The fourth-order valence-electron chi connectivity index (χ4n) is 3.39. The van der Waals surface area contributed by atoms with Crippen LogP contribution in [0.2, 0.25) is 0 Å². The molecule has 0 radical (unpaired) electrons. The molecule has 2 heterocycles. The monoisotopic (exact) mass is 368 g/mol. The zero-order valence-corrected chi connectivity index (χ0v) is 15.1. The maximum absolute atomic E-state index is 12.8. The van der Waals surface area contributed by atoms with E-state index in [4.69, 9.17) is 5.11 Å². The lowest BCUT2D eigenvalue weighted by molar-refractivity contribution is -0.137. The fourth-order valence-corrected chi connectivity index (χ4v) is 3.39. The quantitative estimate of drug-likeness (QED) is 0.779. The second kappa shape index (κ2) is 9.12. The Bertz CT molecular complexity index is 746. The third kappa shape index (κ3) is 5.26. The normalized spacial score (nSPS) is 15.9. The second-order valence-electron chi connectivity index (χ2n) is 6.73. The van der Waals surface area contributed by atoms with Gasteiger partial charge in [-0.25, -0.2) is 4.98 Å². The van der Waals surface area contributed by atoms with Crippen molar-refractivity contribution in [3.63, 3.8) is 0 Å². The first-order valence-electron chi connectivity index (χ1n) is 9.21. The predicted octanol–water partition coefficient (Wildman–Crippen LogP) is 2.42. The molecule has 1 aromatic heterocycles. The molecule has 1 aromatic carbocycles. The number of nitrogens with zero attached hydrogens (tertiary/aromatic N) is 3. The van der Waals surface area contributed by atoms with E-state index in [1.807, 2.05) is 30.3 Å². The highest BCUT2D eigenvalue weighted by atomic mass is 16.4. The van der Waals surface area contributed by atoms with Crippen LogP contribution in [0.5, 0.6) is 0 Å². The Morgan fingerprint density at radius 1 is 1.19 bits per heavy atom. The maximum atomic E-state index is 12.8. The van der Waals surface area contributed by atoms with Crippen molar-refractivity contribution in [3.8, 4) is 0 Å². The average molecular weight is 368 g/mol. The van der Waals surface area contributed by atoms with Crippen molar-refractivity contribution in [3.05, 3.63) is 54.5 Å². The summed E-state index contributed by atoms with van der Waals surface area (Å²) in [7, 11) is 0. The largest absolute Gasteiger partial charge is 0.481 e. The molecule has 1 aliphatic heterocycles. The number of carbonyl (C=O) groups is 2. The van der Waals surface area contributed by atoms with Crippen LogP contribution in [0.3, 0.4) is 0 Å². The zero-order chi connectivity index (χ0) is 19.1. The molecule has 0 bridgehead atoms. The second-order valence-corrected chi connectivity index (χ2v) is 6.73. The molecule has 7 nitrogen and oxygen atoms in total. The minimum absolute atomic E-state index is 0.00645. The van der Waals surface area contributed by atoms with Crippen molar-refractivity contribution in [1.82, 2.24) is 15.3 Å². The van der Waals surface area contributed by atoms with Crippen molar-refractivity contribution in [2.75, 3.05) is 18.0 Å². The van der Waals surface area contributed by atoms with Gasteiger partial charge in [-0.1, -0.05) is 30.3 Å². The molecule has 7 heteroatoms. The first-order valence-corrected chi connectivity index (χ1v) is 9.21. The van der Waals surface area contributed by atoms with E-state index in [0.717, 1.165) is 37.3 Å². The van der Waals surface area contributed by atoms with E-state index in [0.29, 0.717) is 6.42 Å². The number of hydrogen-bond donors (Lipinski definition) is 2. The molecule has 2 N–H and O–H groups in total. The van der Waals surface area contributed by atoms with E-state index in [1.165, 1.54) is 0 Å². The smallest absolute Gasteiger partial charge is 0.303 e. The lowest BCUT2D eigenvalue weighted by atomic mass is 9.94. The number of anilines is 1. The number of aromatic nitrogens is 2. The summed E-state index contributed by atoms with van der Waals surface area (Å²) in [5.41, 5.74) is 0.934. The summed E-state index contributed by atoms with van der Waals surface area (Å²) >= 11 is 0. The van der Waals surface area contributed by atoms with Crippen LogP contribution < -0.4 is 10.2 Å². The number of amides is 1. The molecular formula is C20H24N4O3. The van der Waals surface area contributed by atoms with Crippen molar-refractivity contribution in [2.24, 2.45) is 5.92 Å². The van der Waals surface area contributed by atoms with Crippen LogP contribution in [-0.2, 0) is 9.59 Å². The van der Waals surface area contributed by atoms with Gasteiger partial charge < -0.3 is 15.3 Å². The minimum atomic E-state index is -0.859. The van der Waals surface area contributed by atoms with Crippen LogP contribution in [0.4, 0.5) is 5.82 Å². The summed E-state index contributed by atoms with van der Waals surface area (Å²) in [4.78, 5) is 34.3. The Labute approximate surface area is 158 Å². The van der Waals surface area contributed by atoms with Gasteiger partial charge in [0.1, 0.15) is 5.82 Å². The Kier molecular flexibility index (Phi) is 6.35. The van der Waals surface area contributed by atoms with Gasteiger partial charge in [0.25, 0.3) is 0 Å². The zero-order valence-electron chi connectivity index (χ0n) is 15.1. The molecule has 142 valence electrons. The number of rotatable bonds is 7. The number of carboxylic acids is 1. The molecule has 0 spiro atoms. The first kappa shape index (κ1) is 18.8. The van der Waals surface area contributed by atoms with Gasteiger partial charge >= 0.3 is 5.97 Å². The molecule has 0 saturated carbocycles.